The number of nitrogens with zero attached hydrogens (tertiary/aromatic N) is 1. The third kappa shape index (κ3) is 1.34. The van der Waals surface area contributed by atoms with E-state index in [4.69, 9.17) is 0 Å². The first-order chi connectivity index (χ1) is 4.34. The molecule has 0 N–H and O–H groups in total. The molecule has 0 aliphatic carbocycles. The molecule has 3 nitrogen and oxygen atoms in total. The summed E-state index contributed by atoms with van der Waals surface area (Å²) in [6.07, 6.45) is 1.82. The molecule has 3 heteroatoms. The Labute approximate surface area is 54.6 Å². The van der Waals surface area contributed by atoms with Gasteiger partial charge in [0.1, 0.15) is 0 Å². The van der Waals surface area contributed by atoms with Crippen LogP contribution in [0.5, 0.6) is 0 Å². The lowest BCUT2D eigenvalue weighted by Crippen LogP contribution is -2.24. The molecular weight excluding hydrogens is 118 g/mol. The first-order valence-corrected chi connectivity index (χ1v) is 3.02. The lowest BCUT2D eigenvalue weighted by atomic mass is 10.4. The Morgan fingerprint density at radius 3 is 3.00 bits per heavy atom. The van der Waals surface area contributed by atoms with E-state index in [1.165, 1.54) is 7.11 Å². The van der Waals surface area contributed by atoms with Crippen molar-refractivity contribution in [1.29, 1.82) is 0 Å². The fraction of sp³-hybridized carbons (Fsp3) is 0.667. The van der Waals surface area contributed by atoms with Crippen LogP contribution in [0.15, 0.2) is 0 Å². The summed E-state index contributed by atoms with van der Waals surface area (Å²) in [5.74, 6) is 0. The SMILES string of the molecule is COC(=O)N1[CH]CCC1. The molecule has 0 spiro atoms. The first kappa shape index (κ1) is 6.39. The summed E-state index contributed by atoms with van der Waals surface area (Å²) >= 11 is 0. The molecule has 1 fully saturated rings. The van der Waals surface area contributed by atoms with Crippen LogP contribution in [0.3, 0.4) is 0 Å². The highest BCUT2D eigenvalue weighted by molar-refractivity contribution is 5.68. The summed E-state index contributed by atoms with van der Waals surface area (Å²) in [5, 5.41) is 0. The number of carbonyl (C=O) groups excluding carboxylic acids is 1. The molecule has 0 unspecified atom stereocenters. The number of methoxy groups -OCH3 is 1. The highest BCUT2D eigenvalue weighted by atomic mass is 16.5. The molecule has 0 bridgehead atoms. The van der Waals surface area contributed by atoms with Crippen LogP contribution in [0.4, 0.5) is 4.79 Å². The fourth-order valence-corrected chi connectivity index (χ4v) is 0.883. The summed E-state index contributed by atoms with van der Waals surface area (Å²) in [5.41, 5.74) is 0. The van der Waals surface area contributed by atoms with E-state index in [9.17, 15) is 4.79 Å². The van der Waals surface area contributed by atoms with Gasteiger partial charge < -0.3 is 9.64 Å². The van der Waals surface area contributed by atoms with Crippen LogP contribution in [0.1, 0.15) is 12.8 Å². The second-order valence-electron chi connectivity index (χ2n) is 1.99. The summed E-state index contributed by atoms with van der Waals surface area (Å²) < 4.78 is 4.49. The predicted octanol–water partition coefficient (Wildman–Crippen LogP) is 1.01. The number of likely N-dealkylation sites (tertiary alicyclic amines) is 1. The fourth-order valence-electron chi connectivity index (χ4n) is 0.883. The number of rotatable bonds is 0. The molecule has 0 atom stereocenters. The van der Waals surface area contributed by atoms with E-state index in [1.54, 1.807) is 4.90 Å². The van der Waals surface area contributed by atoms with Gasteiger partial charge in [-0.3, -0.25) is 0 Å². The average Bonchev–Trinajstić information content (AvgIpc) is 2.37. The third-order valence-electron chi connectivity index (χ3n) is 1.36. The Balaban J connectivity index is 2.32. The molecule has 0 aromatic rings. The minimum absolute atomic E-state index is 0.243. The quantitative estimate of drug-likeness (QED) is 0.487. The van der Waals surface area contributed by atoms with Crippen molar-refractivity contribution in [1.82, 2.24) is 4.90 Å². The molecule has 1 amide bonds. The molecule has 0 aromatic heterocycles. The van der Waals surface area contributed by atoms with Crippen molar-refractivity contribution in [2.75, 3.05) is 13.7 Å². The minimum Gasteiger partial charge on any atom is -0.453 e. The average molecular weight is 128 g/mol. The first-order valence-electron chi connectivity index (χ1n) is 3.02. The molecule has 51 valence electrons. The van der Waals surface area contributed by atoms with Crippen LogP contribution >= 0.6 is 0 Å². The van der Waals surface area contributed by atoms with Crippen molar-refractivity contribution < 1.29 is 9.53 Å². The van der Waals surface area contributed by atoms with Crippen molar-refractivity contribution in [3.05, 3.63) is 6.54 Å². The predicted molar refractivity (Wildman–Crippen MR) is 32.6 cm³/mol. The van der Waals surface area contributed by atoms with E-state index in [0.29, 0.717) is 0 Å². The third-order valence-corrected chi connectivity index (χ3v) is 1.36. The Hall–Kier alpha value is -0.730. The smallest absolute Gasteiger partial charge is 0.409 e. The van der Waals surface area contributed by atoms with Crippen LogP contribution < -0.4 is 0 Å². The molecule has 1 heterocycles. The topological polar surface area (TPSA) is 29.5 Å². The highest BCUT2D eigenvalue weighted by Gasteiger charge is 2.17. The summed E-state index contributed by atoms with van der Waals surface area (Å²) in [6, 6.07) is 0. The maximum absolute atomic E-state index is 10.7. The van der Waals surface area contributed by atoms with Crippen LogP contribution in [-0.2, 0) is 4.74 Å². The number of carbonyl (C=O) groups is 1. The van der Waals surface area contributed by atoms with Gasteiger partial charge in [0, 0.05) is 6.54 Å². The number of hydrogen-bond donors (Lipinski definition) is 0. The van der Waals surface area contributed by atoms with Crippen LogP contribution in [0, 0.1) is 6.54 Å². The molecule has 0 saturated carbocycles. The van der Waals surface area contributed by atoms with Crippen molar-refractivity contribution in [2.45, 2.75) is 12.8 Å². The monoisotopic (exact) mass is 128 g/mol. The zero-order valence-electron chi connectivity index (χ0n) is 5.46. The van der Waals surface area contributed by atoms with Gasteiger partial charge in [0.15, 0.2) is 0 Å². The van der Waals surface area contributed by atoms with E-state index < -0.39 is 0 Å². The van der Waals surface area contributed by atoms with Gasteiger partial charge in [0.05, 0.1) is 13.7 Å². The van der Waals surface area contributed by atoms with E-state index in [1.807, 2.05) is 6.54 Å². The lowest BCUT2D eigenvalue weighted by molar-refractivity contribution is 0.140. The largest absolute Gasteiger partial charge is 0.453 e. The molecule has 1 saturated heterocycles. The van der Waals surface area contributed by atoms with E-state index in [2.05, 4.69) is 4.74 Å². The summed E-state index contributed by atoms with van der Waals surface area (Å²) in [4.78, 5) is 12.3. The molecule has 0 aromatic carbocycles. The molecule has 1 aliphatic heterocycles. The van der Waals surface area contributed by atoms with Gasteiger partial charge in [-0.25, -0.2) is 4.79 Å². The van der Waals surface area contributed by atoms with Crippen LogP contribution in [0.25, 0.3) is 0 Å². The number of ether oxygens (including phenoxy) is 1. The zero-order valence-corrected chi connectivity index (χ0v) is 5.46. The minimum atomic E-state index is -0.243. The van der Waals surface area contributed by atoms with Gasteiger partial charge in [-0.1, -0.05) is 0 Å². The number of amides is 1. The standard InChI is InChI=1S/C6H10NO2/c1-9-6(8)7-4-2-3-5-7/h4H,2-3,5H2,1H3. The van der Waals surface area contributed by atoms with Gasteiger partial charge >= 0.3 is 6.09 Å². The van der Waals surface area contributed by atoms with Crippen molar-refractivity contribution in [3.63, 3.8) is 0 Å². The van der Waals surface area contributed by atoms with E-state index >= 15 is 0 Å². The highest BCUT2D eigenvalue weighted by Crippen LogP contribution is 2.12. The molecule has 9 heavy (non-hydrogen) atoms. The Kier molecular flexibility index (Phi) is 1.92. The van der Waals surface area contributed by atoms with Crippen LogP contribution in [-0.4, -0.2) is 24.6 Å². The van der Waals surface area contributed by atoms with E-state index in [-0.39, 0.29) is 6.09 Å². The van der Waals surface area contributed by atoms with Crippen molar-refractivity contribution in [3.8, 4) is 0 Å². The molecule has 1 radical (unpaired) electrons. The summed E-state index contributed by atoms with van der Waals surface area (Å²) in [7, 11) is 1.40. The van der Waals surface area contributed by atoms with Crippen molar-refractivity contribution >= 4 is 6.09 Å². The molecular formula is C6H10NO2. The number of hydrogen-bond acceptors (Lipinski definition) is 2. The van der Waals surface area contributed by atoms with Gasteiger partial charge in [0.25, 0.3) is 0 Å². The molecule has 1 rings (SSSR count). The molecule has 1 aliphatic rings. The second-order valence-corrected chi connectivity index (χ2v) is 1.99. The van der Waals surface area contributed by atoms with Crippen LogP contribution in [0.2, 0.25) is 0 Å². The van der Waals surface area contributed by atoms with Gasteiger partial charge in [-0.2, -0.15) is 0 Å². The Morgan fingerprint density at radius 1 is 1.78 bits per heavy atom. The normalized spacial score (nSPS) is 18.1. The summed E-state index contributed by atoms with van der Waals surface area (Å²) in [6.45, 7) is 2.68. The lowest BCUT2D eigenvalue weighted by Gasteiger charge is -2.11. The maximum Gasteiger partial charge on any atom is 0.409 e. The van der Waals surface area contributed by atoms with Crippen molar-refractivity contribution in [2.24, 2.45) is 0 Å². The van der Waals surface area contributed by atoms with Gasteiger partial charge in [-0.15, -0.1) is 0 Å². The maximum atomic E-state index is 10.7. The Bertz CT molecular complexity index is 108. The second kappa shape index (κ2) is 2.71. The Morgan fingerprint density at radius 2 is 2.56 bits per heavy atom. The van der Waals surface area contributed by atoms with E-state index in [0.717, 1.165) is 19.4 Å². The van der Waals surface area contributed by atoms with Gasteiger partial charge in [-0.05, 0) is 12.8 Å². The van der Waals surface area contributed by atoms with Gasteiger partial charge in [0.2, 0.25) is 0 Å². The zero-order chi connectivity index (χ0) is 6.69.